The number of nitrogens with zero attached hydrogens (tertiary/aromatic N) is 3. The second kappa shape index (κ2) is 4.99. The SMILES string of the molecule is CC(Cl)c1nc2ccccc2n1-c1ccc(C#N)cc1. The number of fused-ring (bicyclic) bond motifs is 1. The zero-order chi connectivity index (χ0) is 14.1. The smallest absolute Gasteiger partial charge is 0.132 e. The van der Waals surface area contributed by atoms with E-state index in [0.29, 0.717) is 5.56 Å². The van der Waals surface area contributed by atoms with Gasteiger partial charge in [-0.2, -0.15) is 5.26 Å². The molecule has 0 aliphatic carbocycles. The third-order valence-electron chi connectivity index (χ3n) is 3.20. The summed E-state index contributed by atoms with van der Waals surface area (Å²) in [6.07, 6.45) is 0. The molecule has 3 aromatic rings. The van der Waals surface area contributed by atoms with E-state index in [1.165, 1.54) is 0 Å². The van der Waals surface area contributed by atoms with Gasteiger partial charge in [-0.05, 0) is 43.3 Å². The molecule has 1 atom stereocenters. The van der Waals surface area contributed by atoms with Crippen LogP contribution in [0.2, 0.25) is 0 Å². The first-order chi connectivity index (χ1) is 9.70. The van der Waals surface area contributed by atoms with Gasteiger partial charge in [-0.1, -0.05) is 12.1 Å². The van der Waals surface area contributed by atoms with Gasteiger partial charge in [0.05, 0.1) is 28.0 Å². The zero-order valence-corrected chi connectivity index (χ0v) is 11.7. The number of nitriles is 1. The Hall–Kier alpha value is -2.31. The molecular weight excluding hydrogens is 270 g/mol. The molecule has 20 heavy (non-hydrogen) atoms. The molecule has 2 aromatic carbocycles. The largest absolute Gasteiger partial charge is 0.295 e. The fraction of sp³-hybridized carbons (Fsp3) is 0.125. The summed E-state index contributed by atoms with van der Waals surface area (Å²) in [6, 6.07) is 17.5. The van der Waals surface area contributed by atoms with Crippen molar-refractivity contribution in [1.82, 2.24) is 9.55 Å². The Morgan fingerprint density at radius 3 is 2.50 bits per heavy atom. The van der Waals surface area contributed by atoms with Crippen LogP contribution in [0.4, 0.5) is 0 Å². The van der Waals surface area contributed by atoms with Crippen molar-refractivity contribution < 1.29 is 0 Å². The lowest BCUT2D eigenvalue weighted by molar-refractivity contribution is 0.882. The molecule has 0 amide bonds. The molecule has 4 heteroatoms. The van der Waals surface area contributed by atoms with Crippen LogP contribution in [0.25, 0.3) is 16.7 Å². The predicted octanol–water partition coefficient (Wildman–Crippen LogP) is 4.20. The first-order valence-corrected chi connectivity index (χ1v) is 6.76. The number of hydrogen-bond acceptors (Lipinski definition) is 2. The Labute approximate surface area is 122 Å². The van der Waals surface area contributed by atoms with Gasteiger partial charge in [-0.15, -0.1) is 11.6 Å². The van der Waals surface area contributed by atoms with Crippen molar-refractivity contribution in [3.8, 4) is 11.8 Å². The van der Waals surface area contributed by atoms with Crippen LogP contribution in [-0.4, -0.2) is 9.55 Å². The molecule has 0 aliphatic heterocycles. The van der Waals surface area contributed by atoms with Crippen LogP contribution < -0.4 is 0 Å². The molecule has 0 fully saturated rings. The van der Waals surface area contributed by atoms with Crippen LogP contribution in [0.1, 0.15) is 23.7 Å². The number of rotatable bonds is 2. The van der Waals surface area contributed by atoms with Crippen LogP contribution in [0, 0.1) is 11.3 Å². The van der Waals surface area contributed by atoms with E-state index in [9.17, 15) is 0 Å². The van der Waals surface area contributed by atoms with E-state index in [-0.39, 0.29) is 5.38 Å². The molecule has 0 saturated heterocycles. The summed E-state index contributed by atoms with van der Waals surface area (Å²) in [5, 5.41) is 8.69. The molecule has 1 heterocycles. The fourth-order valence-electron chi connectivity index (χ4n) is 2.27. The van der Waals surface area contributed by atoms with Gasteiger partial charge in [0.15, 0.2) is 0 Å². The maximum atomic E-state index is 8.88. The highest BCUT2D eigenvalue weighted by Gasteiger charge is 2.15. The third kappa shape index (κ3) is 2.04. The fourth-order valence-corrected chi connectivity index (χ4v) is 2.41. The third-order valence-corrected chi connectivity index (χ3v) is 3.39. The van der Waals surface area contributed by atoms with Gasteiger partial charge < -0.3 is 0 Å². The first-order valence-electron chi connectivity index (χ1n) is 6.32. The molecule has 3 rings (SSSR count). The molecule has 0 saturated carbocycles. The Balaban J connectivity index is 2.27. The summed E-state index contributed by atoms with van der Waals surface area (Å²) in [5.74, 6) is 0.803. The van der Waals surface area contributed by atoms with E-state index in [1.54, 1.807) is 12.1 Å². The van der Waals surface area contributed by atoms with Crippen molar-refractivity contribution in [2.75, 3.05) is 0 Å². The van der Waals surface area contributed by atoms with Crippen LogP contribution in [0.3, 0.4) is 0 Å². The maximum absolute atomic E-state index is 8.88. The molecule has 98 valence electrons. The molecule has 0 bridgehead atoms. The summed E-state index contributed by atoms with van der Waals surface area (Å²) in [4.78, 5) is 4.60. The Kier molecular flexibility index (Phi) is 3.17. The summed E-state index contributed by atoms with van der Waals surface area (Å²) in [6.45, 7) is 1.91. The van der Waals surface area contributed by atoms with Crippen LogP contribution in [-0.2, 0) is 0 Å². The molecule has 0 aliphatic rings. The lowest BCUT2D eigenvalue weighted by atomic mass is 10.2. The number of halogens is 1. The number of para-hydroxylation sites is 2. The summed E-state index contributed by atoms with van der Waals surface area (Å²) in [5.41, 5.74) is 3.53. The van der Waals surface area contributed by atoms with Crippen LogP contribution in [0.15, 0.2) is 48.5 Å². The molecule has 0 spiro atoms. The second-order valence-electron chi connectivity index (χ2n) is 4.57. The molecule has 1 aromatic heterocycles. The minimum atomic E-state index is -0.196. The van der Waals surface area contributed by atoms with Gasteiger partial charge in [0.2, 0.25) is 0 Å². The maximum Gasteiger partial charge on any atom is 0.132 e. The first kappa shape index (κ1) is 12.7. The van der Waals surface area contributed by atoms with Crippen molar-refractivity contribution >= 4 is 22.6 Å². The summed E-state index contributed by atoms with van der Waals surface area (Å²) < 4.78 is 2.04. The van der Waals surface area contributed by atoms with Gasteiger partial charge in [0.1, 0.15) is 5.82 Å². The highest BCUT2D eigenvalue weighted by molar-refractivity contribution is 6.20. The van der Waals surface area contributed by atoms with Gasteiger partial charge in [-0.25, -0.2) is 4.98 Å². The number of imidazole rings is 1. The average Bonchev–Trinajstić information content (AvgIpc) is 2.87. The summed E-state index contributed by atoms with van der Waals surface area (Å²) >= 11 is 6.25. The minimum absolute atomic E-state index is 0.196. The van der Waals surface area contributed by atoms with Gasteiger partial charge in [-0.3, -0.25) is 4.57 Å². The van der Waals surface area contributed by atoms with E-state index in [2.05, 4.69) is 11.1 Å². The van der Waals surface area contributed by atoms with Gasteiger partial charge in [0.25, 0.3) is 0 Å². The lowest BCUT2D eigenvalue weighted by Crippen LogP contribution is -2.01. The highest BCUT2D eigenvalue weighted by atomic mass is 35.5. The minimum Gasteiger partial charge on any atom is -0.295 e. The molecule has 3 nitrogen and oxygen atoms in total. The normalized spacial score (nSPS) is 12.2. The topological polar surface area (TPSA) is 41.6 Å². The van der Waals surface area contributed by atoms with Crippen LogP contribution >= 0.6 is 11.6 Å². The zero-order valence-electron chi connectivity index (χ0n) is 10.9. The Morgan fingerprint density at radius 1 is 1.15 bits per heavy atom. The van der Waals surface area contributed by atoms with E-state index in [0.717, 1.165) is 22.5 Å². The van der Waals surface area contributed by atoms with E-state index < -0.39 is 0 Å². The Bertz CT molecular complexity index is 795. The van der Waals surface area contributed by atoms with Crippen molar-refractivity contribution in [3.63, 3.8) is 0 Å². The van der Waals surface area contributed by atoms with Gasteiger partial charge >= 0.3 is 0 Å². The van der Waals surface area contributed by atoms with Gasteiger partial charge in [0, 0.05) is 5.69 Å². The van der Waals surface area contributed by atoms with Crippen molar-refractivity contribution in [3.05, 3.63) is 59.9 Å². The number of alkyl halides is 1. The quantitative estimate of drug-likeness (QED) is 0.661. The highest BCUT2D eigenvalue weighted by Crippen LogP contribution is 2.28. The Morgan fingerprint density at radius 2 is 1.85 bits per heavy atom. The van der Waals surface area contributed by atoms with Crippen LogP contribution in [0.5, 0.6) is 0 Å². The number of hydrogen-bond donors (Lipinski definition) is 0. The number of benzene rings is 2. The molecule has 1 unspecified atom stereocenters. The predicted molar refractivity (Wildman–Crippen MR) is 80.1 cm³/mol. The van der Waals surface area contributed by atoms with Crippen molar-refractivity contribution in [2.45, 2.75) is 12.3 Å². The molecular formula is C16H12ClN3. The average molecular weight is 282 g/mol. The van der Waals surface area contributed by atoms with E-state index in [1.807, 2.05) is 47.9 Å². The van der Waals surface area contributed by atoms with E-state index in [4.69, 9.17) is 16.9 Å². The molecule has 0 N–H and O–H groups in total. The second-order valence-corrected chi connectivity index (χ2v) is 5.22. The molecule has 0 radical (unpaired) electrons. The monoisotopic (exact) mass is 281 g/mol. The van der Waals surface area contributed by atoms with Crippen molar-refractivity contribution in [1.29, 1.82) is 5.26 Å². The van der Waals surface area contributed by atoms with Crippen molar-refractivity contribution in [2.24, 2.45) is 0 Å². The standard InChI is InChI=1S/C16H12ClN3/c1-11(17)16-19-14-4-2-3-5-15(14)20(16)13-8-6-12(10-18)7-9-13/h2-9,11H,1H3. The summed E-state index contributed by atoms with van der Waals surface area (Å²) in [7, 11) is 0. The lowest BCUT2D eigenvalue weighted by Gasteiger charge is -2.10. The van der Waals surface area contributed by atoms with E-state index >= 15 is 0 Å². The number of aromatic nitrogens is 2.